The van der Waals surface area contributed by atoms with Crippen molar-refractivity contribution in [3.63, 3.8) is 0 Å². The van der Waals surface area contributed by atoms with Gasteiger partial charge in [-0.2, -0.15) is 13.2 Å². The Morgan fingerprint density at radius 2 is 2.06 bits per heavy atom. The second kappa shape index (κ2) is 5.75. The molecule has 2 unspecified atom stereocenters. The van der Waals surface area contributed by atoms with Crippen molar-refractivity contribution in [2.24, 2.45) is 0 Å². The molecule has 1 N–H and O–H groups in total. The quantitative estimate of drug-likeness (QED) is 0.825. The highest BCUT2D eigenvalue weighted by molar-refractivity contribution is 7.91. The number of alkyl halides is 3. The summed E-state index contributed by atoms with van der Waals surface area (Å²) in [4.78, 5) is 1.93. The van der Waals surface area contributed by atoms with E-state index in [4.69, 9.17) is 0 Å². The number of nitrogens with one attached hydrogen (secondary N) is 1. The highest BCUT2D eigenvalue weighted by Gasteiger charge is 2.31. The molecule has 1 heterocycles. The van der Waals surface area contributed by atoms with Gasteiger partial charge in [0.15, 0.2) is 9.84 Å². The molecule has 2 atom stereocenters. The van der Waals surface area contributed by atoms with Gasteiger partial charge in [0, 0.05) is 25.2 Å². The lowest BCUT2D eigenvalue weighted by molar-refractivity contribution is -0.125. The Balaban J connectivity index is 2.41. The molecule has 0 bridgehead atoms. The van der Waals surface area contributed by atoms with Crippen LogP contribution < -0.4 is 5.32 Å². The van der Waals surface area contributed by atoms with Crippen molar-refractivity contribution < 1.29 is 21.6 Å². The van der Waals surface area contributed by atoms with E-state index < -0.39 is 22.6 Å². The minimum absolute atomic E-state index is 0.0800. The van der Waals surface area contributed by atoms with E-state index in [2.05, 4.69) is 5.32 Å². The van der Waals surface area contributed by atoms with Gasteiger partial charge in [0.05, 0.1) is 18.1 Å². The van der Waals surface area contributed by atoms with E-state index in [-0.39, 0.29) is 30.1 Å². The van der Waals surface area contributed by atoms with Crippen molar-refractivity contribution in [3.05, 3.63) is 0 Å². The number of hydrogen-bond donors (Lipinski definition) is 1. The maximum Gasteiger partial charge on any atom is 0.401 e. The maximum absolute atomic E-state index is 12.0. The van der Waals surface area contributed by atoms with Gasteiger partial charge in [0.25, 0.3) is 0 Å². The summed E-state index contributed by atoms with van der Waals surface area (Å²) in [7, 11) is -2.98. The van der Waals surface area contributed by atoms with Crippen LogP contribution in [0.15, 0.2) is 0 Å². The molecule has 1 saturated heterocycles. The second-order valence-electron chi connectivity index (χ2n) is 4.80. The molecule has 0 saturated carbocycles. The number of nitrogens with zero attached hydrogens (tertiary/aromatic N) is 1. The molecule has 0 aromatic carbocycles. The third kappa shape index (κ3) is 5.11. The maximum atomic E-state index is 12.0. The zero-order chi connectivity index (χ0) is 14.0. The van der Waals surface area contributed by atoms with Crippen LogP contribution in [0.3, 0.4) is 0 Å². The first kappa shape index (κ1) is 15.7. The fourth-order valence-corrected chi connectivity index (χ4v) is 3.79. The van der Waals surface area contributed by atoms with Crippen LogP contribution in [0.25, 0.3) is 0 Å². The SMILES string of the molecule is CC(CNCC(F)(F)F)N1CCS(=O)(=O)CC1C. The zero-order valence-corrected chi connectivity index (χ0v) is 11.3. The first-order valence-electron chi connectivity index (χ1n) is 5.84. The zero-order valence-electron chi connectivity index (χ0n) is 10.5. The summed E-state index contributed by atoms with van der Waals surface area (Å²) in [6.07, 6.45) is -4.21. The molecule has 1 fully saturated rings. The van der Waals surface area contributed by atoms with E-state index in [1.54, 1.807) is 13.8 Å². The third-order valence-corrected chi connectivity index (χ3v) is 4.85. The first-order chi connectivity index (χ1) is 8.11. The van der Waals surface area contributed by atoms with Crippen molar-refractivity contribution in [1.29, 1.82) is 0 Å². The molecule has 1 aliphatic heterocycles. The van der Waals surface area contributed by atoms with E-state index in [1.807, 2.05) is 4.90 Å². The molecule has 1 aliphatic rings. The van der Waals surface area contributed by atoms with Gasteiger partial charge in [-0.05, 0) is 13.8 Å². The van der Waals surface area contributed by atoms with Crippen LogP contribution in [0.2, 0.25) is 0 Å². The van der Waals surface area contributed by atoms with Gasteiger partial charge < -0.3 is 5.32 Å². The van der Waals surface area contributed by atoms with E-state index >= 15 is 0 Å². The summed E-state index contributed by atoms with van der Waals surface area (Å²) >= 11 is 0. The molecule has 0 amide bonds. The Morgan fingerprint density at radius 1 is 1.44 bits per heavy atom. The molecular weight excluding hydrogens is 269 g/mol. The van der Waals surface area contributed by atoms with Crippen LogP contribution in [0, 0.1) is 0 Å². The molecule has 0 spiro atoms. The highest BCUT2D eigenvalue weighted by atomic mass is 32.2. The van der Waals surface area contributed by atoms with Crippen molar-refractivity contribution in [2.45, 2.75) is 32.1 Å². The molecule has 0 aromatic rings. The monoisotopic (exact) mass is 288 g/mol. The number of rotatable bonds is 4. The Bertz CT molecular complexity index is 370. The number of sulfone groups is 1. The summed E-state index contributed by atoms with van der Waals surface area (Å²) in [6, 6.07) is -0.260. The Labute approximate surface area is 105 Å². The highest BCUT2D eigenvalue weighted by Crippen LogP contribution is 2.15. The average Bonchev–Trinajstić information content (AvgIpc) is 2.13. The molecule has 8 heteroatoms. The average molecular weight is 288 g/mol. The summed E-state index contributed by atoms with van der Waals surface area (Å²) in [6.45, 7) is 3.16. The van der Waals surface area contributed by atoms with E-state index in [1.165, 1.54) is 0 Å². The van der Waals surface area contributed by atoms with Crippen LogP contribution in [0.5, 0.6) is 0 Å². The molecule has 108 valence electrons. The van der Waals surface area contributed by atoms with Crippen LogP contribution in [0.1, 0.15) is 13.8 Å². The van der Waals surface area contributed by atoms with Crippen molar-refractivity contribution >= 4 is 9.84 Å². The third-order valence-electron chi connectivity index (χ3n) is 3.05. The van der Waals surface area contributed by atoms with Gasteiger partial charge in [-0.3, -0.25) is 4.90 Å². The van der Waals surface area contributed by atoms with Gasteiger partial charge in [-0.25, -0.2) is 8.42 Å². The van der Waals surface area contributed by atoms with Gasteiger partial charge >= 0.3 is 6.18 Å². The molecule has 0 radical (unpaired) electrons. The molecule has 18 heavy (non-hydrogen) atoms. The number of hydrogen-bond acceptors (Lipinski definition) is 4. The predicted octanol–water partition coefficient (Wildman–Crippen LogP) is 0.646. The normalized spacial score (nSPS) is 27.1. The molecule has 4 nitrogen and oxygen atoms in total. The van der Waals surface area contributed by atoms with Crippen LogP contribution >= 0.6 is 0 Å². The van der Waals surface area contributed by atoms with Crippen molar-refractivity contribution in [1.82, 2.24) is 10.2 Å². The Hall–Kier alpha value is -0.340. The van der Waals surface area contributed by atoms with Gasteiger partial charge in [-0.15, -0.1) is 0 Å². The van der Waals surface area contributed by atoms with Crippen molar-refractivity contribution in [3.8, 4) is 0 Å². The fraction of sp³-hybridized carbons (Fsp3) is 1.00. The molecule has 0 aromatic heterocycles. The fourth-order valence-electron chi connectivity index (χ4n) is 2.21. The smallest absolute Gasteiger partial charge is 0.307 e. The van der Waals surface area contributed by atoms with Crippen LogP contribution in [0.4, 0.5) is 13.2 Å². The minimum atomic E-state index is -4.21. The molecule has 1 rings (SSSR count). The largest absolute Gasteiger partial charge is 0.401 e. The van der Waals surface area contributed by atoms with Crippen molar-refractivity contribution in [2.75, 3.05) is 31.1 Å². The second-order valence-corrected chi connectivity index (χ2v) is 7.03. The number of halogens is 3. The molecule has 0 aliphatic carbocycles. The lowest BCUT2D eigenvalue weighted by atomic mass is 10.2. The van der Waals surface area contributed by atoms with Gasteiger partial charge in [0.1, 0.15) is 0 Å². The Kier molecular flexibility index (Phi) is 5.02. The summed E-state index contributed by atoms with van der Waals surface area (Å²) in [5.41, 5.74) is 0. The van der Waals surface area contributed by atoms with E-state index in [9.17, 15) is 21.6 Å². The van der Waals surface area contributed by atoms with Gasteiger partial charge in [-0.1, -0.05) is 0 Å². The van der Waals surface area contributed by atoms with Crippen LogP contribution in [-0.4, -0.2) is 62.7 Å². The van der Waals surface area contributed by atoms with Gasteiger partial charge in [0.2, 0.25) is 0 Å². The minimum Gasteiger partial charge on any atom is -0.307 e. The standard InChI is InChI=1S/C10H19F3N2O2S/c1-8(5-14-7-10(11,12)13)15-3-4-18(16,17)6-9(15)2/h8-9,14H,3-7H2,1-2H3. The summed E-state index contributed by atoms with van der Waals surface area (Å²) in [5, 5.41) is 2.35. The van der Waals surface area contributed by atoms with Crippen LogP contribution in [-0.2, 0) is 9.84 Å². The Morgan fingerprint density at radius 3 is 2.56 bits per heavy atom. The topological polar surface area (TPSA) is 49.4 Å². The van der Waals surface area contributed by atoms with E-state index in [0.29, 0.717) is 6.54 Å². The van der Waals surface area contributed by atoms with E-state index in [0.717, 1.165) is 0 Å². The predicted molar refractivity (Wildman–Crippen MR) is 63.2 cm³/mol. The summed E-state index contributed by atoms with van der Waals surface area (Å²) in [5.74, 6) is 0.164. The lowest BCUT2D eigenvalue weighted by Crippen LogP contribution is -2.53. The lowest BCUT2D eigenvalue weighted by Gasteiger charge is -2.37. The molecular formula is C10H19F3N2O2S. The first-order valence-corrected chi connectivity index (χ1v) is 7.66. The summed E-state index contributed by atoms with van der Waals surface area (Å²) < 4.78 is 58.7.